The topological polar surface area (TPSA) is 174 Å². The monoisotopic (exact) mass is 424 g/mol. The van der Waals surface area contributed by atoms with Crippen LogP contribution in [0.3, 0.4) is 0 Å². The van der Waals surface area contributed by atoms with Gasteiger partial charge in [-0.15, -0.1) is 5.11 Å². The second kappa shape index (κ2) is 6.83. The summed E-state index contributed by atoms with van der Waals surface area (Å²) in [5, 5.41) is 27.3. The third-order valence-electron chi connectivity index (χ3n) is 3.70. The molecule has 3 aromatic rings. The van der Waals surface area contributed by atoms with Crippen LogP contribution in [0.5, 0.6) is 11.5 Å². The maximum absolute atomic E-state index is 11.7. The van der Waals surface area contributed by atoms with E-state index in [1.54, 1.807) is 30.3 Å². The summed E-state index contributed by atoms with van der Waals surface area (Å²) in [6.07, 6.45) is 0. The van der Waals surface area contributed by atoms with Crippen LogP contribution in [-0.2, 0) is 20.2 Å². The van der Waals surface area contributed by atoms with Crippen LogP contribution in [0.1, 0.15) is 0 Å². The molecular formula is C16H12N2O8S2. The van der Waals surface area contributed by atoms with Gasteiger partial charge in [0.25, 0.3) is 20.2 Å². The number of nitrogens with zero attached hydrogens (tertiary/aromatic N) is 2. The van der Waals surface area contributed by atoms with Crippen molar-refractivity contribution in [1.82, 2.24) is 0 Å². The van der Waals surface area contributed by atoms with Crippen molar-refractivity contribution < 1.29 is 36.2 Å². The summed E-state index contributed by atoms with van der Waals surface area (Å²) in [5.74, 6) is -1.62. The van der Waals surface area contributed by atoms with Gasteiger partial charge in [0.05, 0.1) is 16.0 Å². The first kappa shape index (κ1) is 19.7. The van der Waals surface area contributed by atoms with Crippen LogP contribution < -0.4 is 0 Å². The quantitative estimate of drug-likeness (QED) is 0.365. The maximum atomic E-state index is 11.7. The van der Waals surface area contributed by atoms with E-state index >= 15 is 0 Å². The Bertz CT molecular complexity index is 1320. The van der Waals surface area contributed by atoms with Gasteiger partial charge in [-0.3, -0.25) is 9.11 Å². The fourth-order valence-corrected chi connectivity index (χ4v) is 3.68. The van der Waals surface area contributed by atoms with Crippen molar-refractivity contribution in [3.05, 3.63) is 48.5 Å². The number of hydrogen-bond acceptors (Lipinski definition) is 8. The Morgan fingerprint density at radius 2 is 1.43 bits per heavy atom. The number of benzene rings is 3. The summed E-state index contributed by atoms with van der Waals surface area (Å²) in [4.78, 5) is -1.61. The molecule has 0 spiro atoms. The van der Waals surface area contributed by atoms with Gasteiger partial charge in [0.2, 0.25) is 0 Å². The van der Waals surface area contributed by atoms with Gasteiger partial charge in [0, 0.05) is 6.07 Å². The van der Waals surface area contributed by atoms with E-state index in [4.69, 9.17) is 4.55 Å². The molecule has 0 saturated carbocycles. The zero-order valence-electron chi connectivity index (χ0n) is 13.8. The van der Waals surface area contributed by atoms with Gasteiger partial charge in [0.1, 0.15) is 16.3 Å². The van der Waals surface area contributed by atoms with Gasteiger partial charge in [-0.05, 0) is 29.7 Å². The SMILES string of the molecule is O=S(=O)(O)c1cc(O)c2c(O)c(N=Nc3ccccc3)c(S(=O)(=O)O)cc2c1. The van der Waals surface area contributed by atoms with E-state index in [1.807, 2.05) is 0 Å². The van der Waals surface area contributed by atoms with E-state index in [-0.39, 0.29) is 10.8 Å². The van der Waals surface area contributed by atoms with E-state index in [9.17, 15) is 31.6 Å². The fourth-order valence-electron chi connectivity index (χ4n) is 2.48. The van der Waals surface area contributed by atoms with E-state index in [0.29, 0.717) is 11.8 Å². The smallest absolute Gasteiger partial charge is 0.296 e. The normalized spacial score (nSPS) is 12.6. The Morgan fingerprint density at radius 1 is 0.786 bits per heavy atom. The molecule has 0 radical (unpaired) electrons. The van der Waals surface area contributed by atoms with Gasteiger partial charge in [0.15, 0.2) is 5.75 Å². The second-order valence-electron chi connectivity index (χ2n) is 5.60. The zero-order valence-corrected chi connectivity index (χ0v) is 15.4. The third kappa shape index (κ3) is 3.80. The summed E-state index contributed by atoms with van der Waals surface area (Å²) in [6.45, 7) is 0. The van der Waals surface area contributed by atoms with Crippen LogP contribution >= 0.6 is 0 Å². The van der Waals surface area contributed by atoms with Gasteiger partial charge >= 0.3 is 0 Å². The van der Waals surface area contributed by atoms with Crippen LogP contribution in [0.2, 0.25) is 0 Å². The average Bonchev–Trinajstić information content (AvgIpc) is 2.59. The summed E-state index contributed by atoms with van der Waals surface area (Å²) >= 11 is 0. The molecule has 0 heterocycles. The van der Waals surface area contributed by atoms with Gasteiger partial charge < -0.3 is 10.2 Å². The molecule has 0 bridgehead atoms. The Labute approximate surface area is 158 Å². The van der Waals surface area contributed by atoms with Crippen molar-refractivity contribution in [3.8, 4) is 11.5 Å². The number of rotatable bonds is 4. The van der Waals surface area contributed by atoms with Gasteiger partial charge in [-0.25, -0.2) is 0 Å². The van der Waals surface area contributed by atoms with E-state index in [0.717, 1.165) is 12.1 Å². The summed E-state index contributed by atoms with van der Waals surface area (Å²) in [6, 6.07) is 10.4. The van der Waals surface area contributed by atoms with Crippen LogP contribution in [0.4, 0.5) is 11.4 Å². The highest BCUT2D eigenvalue weighted by Crippen LogP contribution is 2.45. The van der Waals surface area contributed by atoms with E-state index in [1.165, 1.54) is 0 Å². The molecule has 3 rings (SSSR count). The first-order valence-electron chi connectivity index (χ1n) is 7.43. The molecule has 0 unspecified atom stereocenters. The first-order chi connectivity index (χ1) is 13.0. The Balaban J connectivity index is 2.36. The molecule has 28 heavy (non-hydrogen) atoms. The molecule has 0 saturated heterocycles. The maximum Gasteiger partial charge on any atom is 0.296 e. The minimum absolute atomic E-state index is 0.281. The van der Waals surface area contributed by atoms with Crippen molar-refractivity contribution in [2.45, 2.75) is 9.79 Å². The highest BCUT2D eigenvalue weighted by Gasteiger charge is 2.25. The molecule has 0 aromatic heterocycles. The van der Waals surface area contributed by atoms with Crippen LogP contribution in [0.25, 0.3) is 10.8 Å². The largest absolute Gasteiger partial charge is 0.507 e. The average molecular weight is 424 g/mol. The Kier molecular flexibility index (Phi) is 4.81. The second-order valence-corrected chi connectivity index (χ2v) is 8.41. The van der Waals surface area contributed by atoms with Crippen molar-refractivity contribution in [2.24, 2.45) is 10.2 Å². The van der Waals surface area contributed by atoms with Crippen LogP contribution in [-0.4, -0.2) is 36.2 Å². The van der Waals surface area contributed by atoms with E-state index in [2.05, 4.69) is 10.2 Å². The highest BCUT2D eigenvalue weighted by atomic mass is 32.2. The Morgan fingerprint density at radius 3 is 2.00 bits per heavy atom. The highest BCUT2D eigenvalue weighted by molar-refractivity contribution is 7.86. The van der Waals surface area contributed by atoms with Crippen molar-refractivity contribution in [3.63, 3.8) is 0 Å². The molecular weight excluding hydrogens is 412 g/mol. The van der Waals surface area contributed by atoms with E-state index < -0.39 is 47.2 Å². The minimum atomic E-state index is -4.92. The third-order valence-corrected chi connectivity index (χ3v) is 5.40. The lowest BCUT2D eigenvalue weighted by Crippen LogP contribution is -2.01. The fraction of sp³-hybridized carbons (Fsp3) is 0. The summed E-state index contributed by atoms with van der Waals surface area (Å²) in [5.41, 5.74) is -0.344. The zero-order chi connectivity index (χ0) is 20.7. The van der Waals surface area contributed by atoms with Gasteiger partial charge in [-0.1, -0.05) is 18.2 Å². The molecule has 0 fully saturated rings. The molecule has 3 aromatic carbocycles. The number of aromatic hydroxyl groups is 2. The number of phenolic OH excluding ortho intramolecular Hbond substituents is 2. The van der Waals surface area contributed by atoms with Crippen LogP contribution in [0.15, 0.2) is 68.6 Å². The molecule has 0 aliphatic carbocycles. The number of hydrogen-bond donors (Lipinski definition) is 4. The number of phenols is 2. The molecule has 146 valence electrons. The first-order valence-corrected chi connectivity index (χ1v) is 10.3. The molecule has 0 aliphatic rings. The molecule has 0 amide bonds. The molecule has 0 atom stereocenters. The number of azo groups is 1. The number of fused-ring (bicyclic) bond motifs is 1. The summed E-state index contributed by atoms with van der Waals surface area (Å²) < 4.78 is 64.7. The van der Waals surface area contributed by atoms with Crippen molar-refractivity contribution in [2.75, 3.05) is 0 Å². The molecule has 0 aliphatic heterocycles. The Hall–Kier alpha value is -3.06. The van der Waals surface area contributed by atoms with Crippen molar-refractivity contribution >= 4 is 42.4 Å². The van der Waals surface area contributed by atoms with Crippen molar-refractivity contribution in [1.29, 1.82) is 0 Å². The lowest BCUT2D eigenvalue weighted by atomic mass is 10.1. The lowest BCUT2D eigenvalue weighted by molar-refractivity contribution is 0.457. The predicted molar refractivity (Wildman–Crippen MR) is 97.5 cm³/mol. The standard InChI is InChI=1S/C16H12N2O8S2/c19-12-8-11(27(21,22)23)6-9-7-13(28(24,25)26)15(16(20)14(9)12)18-17-10-4-2-1-3-5-10/h1-8,19-20H,(H,21,22,23)(H,24,25,26). The van der Waals surface area contributed by atoms with Crippen LogP contribution in [0, 0.1) is 0 Å². The predicted octanol–water partition coefficient (Wildman–Crippen LogP) is 3.16. The molecule has 12 heteroatoms. The minimum Gasteiger partial charge on any atom is -0.507 e. The van der Waals surface area contributed by atoms with Gasteiger partial charge in [-0.2, -0.15) is 21.9 Å². The molecule has 4 N–H and O–H groups in total. The summed E-state index contributed by atoms with van der Waals surface area (Å²) in [7, 11) is -9.65. The molecule has 10 nitrogen and oxygen atoms in total. The lowest BCUT2D eigenvalue weighted by Gasteiger charge is -2.11.